The Morgan fingerprint density at radius 2 is 1.38 bits per heavy atom. The van der Waals surface area contributed by atoms with Crippen LogP contribution in [0.2, 0.25) is 5.15 Å². The molecule has 0 aromatic carbocycles. The van der Waals surface area contributed by atoms with E-state index in [0.29, 0.717) is 5.15 Å². The first-order chi connectivity index (χ1) is 9.57. The van der Waals surface area contributed by atoms with Gasteiger partial charge in [-0.2, -0.15) is 0 Å². The minimum Gasteiger partial charge on any atom is -0.255 e. The molecule has 2 rings (SSSR count). The Hall–Kier alpha value is -1.41. The Morgan fingerprint density at radius 1 is 0.810 bits per heavy atom. The van der Waals surface area contributed by atoms with Crippen LogP contribution in [0.4, 0.5) is 0 Å². The molecule has 2 aromatic rings. The van der Waals surface area contributed by atoms with Crippen molar-refractivity contribution in [2.45, 2.75) is 52.4 Å². The number of hydrogen-bond acceptors (Lipinski definition) is 2. The molecule has 0 saturated heterocycles. The van der Waals surface area contributed by atoms with Crippen LogP contribution in [0.1, 0.15) is 52.7 Å². The van der Waals surface area contributed by atoms with Crippen molar-refractivity contribution in [3.8, 4) is 11.4 Å². The molecule has 0 fully saturated rings. The van der Waals surface area contributed by atoms with Crippen LogP contribution >= 0.6 is 11.6 Å². The third-order valence-electron chi connectivity index (χ3n) is 3.55. The first kappa shape index (κ1) is 16.0. The van der Waals surface area contributed by atoms with Gasteiger partial charge in [0.1, 0.15) is 5.15 Å². The Morgan fingerprint density at radius 3 is 1.95 bits per heavy atom. The minimum atomic E-state index is 0.0307. The predicted octanol–water partition coefficient (Wildman–Crippen LogP) is 5.39. The second kappa shape index (κ2) is 5.42. The molecule has 112 valence electrons. The molecule has 3 heteroatoms. The molecule has 0 radical (unpaired) electrons. The molecular formula is C18H23ClN2. The summed E-state index contributed by atoms with van der Waals surface area (Å²) in [5.41, 5.74) is 4.23. The number of aromatic nitrogens is 2. The highest BCUT2D eigenvalue weighted by Gasteiger charge is 2.18. The van der Waals surface area contributed by atoms with Gasteiger partial charge in [0.15, 0.2) is 0 Å². The number of hydrogen-bond donors (Lipinski definition) is 0. The quantitative estimate of drug-likeness (QED) is 0.660. The van der Waals surface area contributed by atoms with E-state index in [4.69, 9.17) is 11.6 Å². The summed E-state index contributed by atoms with van der Waals surface area (Å²) in [5, 5.41) is 0.514. The summed E-state index contributed by atoms with van der Waals surface area (Å²) in [6.07, 6.45) is 1.84. The SMILES string of the molecule is CC(C)(C)c1ccnc(-c2cc(C(C)(C)C)cc(Cl)n2)c1. The first-order valence-electron chi connectivity index (χ1n) is 7.22. The molecule has 0 aliphatic carbocycles. The zero-order valence-electron chi connectivity index (χ0n) is 13.7. The van der Waals surface area contributed by atoms with Gasteiger partial charge in [-0.1, -0.05) is 53.1 Å². The summed E-state index contributed by atoms with van der Waals surface area (Å²) in [7, 11) is 0. The Labute approximate surface area is 132 Å². The summed E-state index contributed by atoms with van der Waals surface area (Å²) in [6, 6.07) is 8.17. The number of nitrogens with zero attached hydrogens (tertiary/aromatic N) is 2. The maximum atomic E-state index is 6.20. The fourth-order valence-corrected chi connectivity index (χ4v) is 2.31. The molecule has 0 spiro atoms. The maximum absolute atomic E-state index is 6.20. The highest BCUT2D eigenvalue weighted by atomic mass is 35.5. The van der Waals surface area contributed by atoms with Crippen molar-refractivity contribution < 1.29 is 0 Å². The largest absolute Gasteiger partial charge is 0.255 e. The van der Waals surface area contributed by atoms with Gasteiger partial charge in [-0.25, -0.2) is 4.98 Å². The Bertz CT molecular complexity index is 649. The van der Waals surface area contributed by atoms with E-state index in [2.05, 4.69) is 69.7 Å². The molecule has 2 heterocycles. The molecule has 2 nitrogen and oxygen atoms in total. The van der Waals surface area contributed by atoms with Gasteiger partial charge in [0.25, 0.3) is 0 Å². The summed E-state index contributed by atoms with van der Waals surface area (Å²) in [4.78, 5) is 8.91. The lowest BCUT2D eigenvalue weighted by Gasteiger charge is -2.21. The molecule has 0 bridgehead atoms. The molecule has 0 saturated carbocycles. The van der Waals surface area contributed by atoms with Gasteiger partial charge < -0.3 is 0 Å². The van der Waals surface area contributed by atoms with Crippen LogP contribution in [0.25, 0.3) is 11.4 Å². The molecular weight excluding hydrogens is 280 g/mol. The van der Waals surface area contributed by atoms with E-state index in [1.165, 1.54) is 11.1 Å². The van der Waals surface area contributed by atoms with E-state index in [9.17, 15) is 0 Å². The van der Waals surface area contributed by atoms with Crippen LogP contribution < -0.4 is 0 Å². The topological polar surface area (TPSA) is 25.8 Å². The second-order valence-corrected chi connectivity index (χ2v) is 7.88. The fraction of sp³-hybridized carbons (Fsp3) is 0.444. The molecule has 21 heavy (non-hydrogen) atoms. The van der Waals surface area contributed by atoms with E-state index in [1.54, 1.807) is 0 Å². The maximum Gasteiger partial charge on any atom is 0.130 e. The van der Waals surface area contributed by atoms with Gasteiger partial charge in [-0.05, 0) is 46.2 Å². The normalized spacial score (nSPS) is 12.5. The van der Waals surface area contributed by atoms with E-state index in [0.717, 1.165) is 11.4 Å². The van der Waals surface area contributed by atoms with Gasteiger partial charge in [0.05, 0.1) is 11.4 Å². The zero-order chi connectivity index (χ0) is 15.8. The van der Waals surface area contributed by atoms with Crippen molar-refractivity contribution in [3.05, 3.63) is 46.7 Å². The standard InChI is InChI=1S/C18H23ClN2/c1-17(2,3)12-7-8-20-14(9-12)15-10-13(18(4,5)6)11-16(19)21-15/h7-11H,1-6H3. The highest BCUT2D eigenvalue weighted by Crippen LogP contribution is 2.30. The predicted molar refractivity (Wildman–Crippen MR) is 89.9 cm³/mol. The fourth-order valence-electron chi connectivity index (χ4n) is 2.10. The molecule has 0 aliphatic rings. The van der Waals surface area contributed by atoms with Gasteiger partial charge in [0.2, 0.25) is 0 Å². The first-order valence-corrected chi connectivity index (χ1v) is 7.60. The minimum absolute atomic E-state index is 0.0307. The van der Waals surface area contributed by atoms with Crippen molar-refractivity contribution in [2.75, 3.05) is 0 Å². The van der Waals surface area contributed by atoms with E-state index in [-0.39, 0.29) is 10.8 Å². The Balaban J connectivity index is 2.55. The van der Waals surface area contributed by atoms with Crippen LogP contribution in [0.3, 0.4) is 0 Å². The van der Waals surface area contributed by atoms with Crippen LogP contribution in [0, 0.1) is 0 Å². The molecule has 0 aliphatic heterocycles. The third kappa shape index (κ3) is 3.82. The number of pyridine rings is 2. The van der Waals surface area contributed by atoms with Crippen LogP contribution in [-0.2, 0) is 10.8 Å². The average molecular weight is 303 g/mol. The third-order valence-corrected chi connectivity index (χ3v) is 3.74. The lowest BCUT2D eigenvalue weighted by Crippen LogP contribution is -2.12. The average Bonchev–Trinajstić information content (AvgIpc) is 2.36. The van der Waals surface area contributed by atoms with Crippen LogP contribution in [0.5, 0.6) is 0 Å². The molecule has 0 amide bonds. The molecule has 0 unspecified atom stereocenters. The van der Waals surface area contributed by atoms with Gasteiger partial charge in [-0.3, -0.25) is 4.98 Å². The summed E-state index contributed by atoms with van der Waals surface area (Å²) >= 11 is 6.20. The van der Waals surface area contributed by atoms with E-state index >= 15 is 0 Å². The van der Waals surface area contributed by atoms with Crippen molar-refractivity contribution in [1.82, 2.24) is 9.97 Å². The van der Waals surface area contributed by atoms with Gasteiger partial charge in [0, 0.05) is 6.20 Å². The lowest BCUT2D eigenvalue weighted by molar-refractivity contribution is 0.588. The lowest BCUT2D eigenvalue weighted by atomic mass is 9.86. The zero-order valence-corrected chi connectivity index (χ0v) is 14.4. The van der Waals surface area contributed by atoms with E-state index in [1.807, 2.05) is 12.3 Å². The van der Waals surface area contributed by atoms with Crippen LogP contribution in [-0.4, -0.2) is 9.97 Å². The van der Waals surface area contributed by atoms with Crippen molar-refractivity contribution >= 4 is 11.6 Å². The molecule has 2 aromatic heterocycles. The monoisotopic (exact) mass is 302 g/mol. The molecule has 0 N–H and O–H groups in total. The smallest absolute Gasteiger partial charge is 0.130 e. The van der Waals surface area contributed by atoms with E-state index < -0.39 is 0 Å². The van der Waals surface area contributed by atoms with Crippen molar-refractivity contribution in [2.24, 2.45) is 0 Å². The summed E-state index contributed by atoms with van der Waals surface area (Å²) in [6.45, 7) is 13.1. The number of halogens is 1. The summed E-state index contributed by atoms with van der Waals surface area (Å²) < 4.78 is 0. The Kier molecular flexibility index (Phi) is 4.12. The van der Waals surface area contributed by atoms with Gasteiger partial charge in [-0.15, -0.1) is 0 Å². The van der Waals surface area contributed by atoms with Crippen molar-refractivity contribution in [1.29, 1.82) is 0 Å². The van der Waals surface area contributed by atoms with Crippen molar-refractivity contribution in [3.63, 3.8) is 0 Å². The number of rotatable bonds is 1. The van der Waals surface area contributed by atoms with Crippen LogP contribution in [0.15, 0.2) is 30.5 Å². The highest BCUT2D eigenvalue weighted by molar-refractivity contribution is 6.29. The second-order valence-electron chi connectivity index (χ2n) is 7.49. The summed E-state index contributed by atoms with van der Waals surface area (Å²) in [5.74, 6) is 0. The molecule has 0 atom stereocenters. The van der Waals surface area contributed by atoms with Gasteiger partial charge >= 0.3 is 0 Å².